The summed E-state index contributed by atoms with van der Waals surface area (Å²) < 4.78 is 2.00. The maximum atomic E-state index is 11.4. The lowest BCUT2D eigenvalue weighted by Crippen LogP contribution is -1.85. The Bertz CT molecular complexity index is 711. The summed E-state index contributed by atoms with van der Waals surface area (Å²) >= 11 is 0. The van der Waals surface area contributed by atoms with E-state index < -0.39 is 0 Å². The van der Waals surface area contributed by atoms with Gasteiger partial charge in [0.25, 0.3) is 0 Å². The molecule has 2 heteroatoms. The molecule has 2 heterocycles. The van der Waals surface area contributed by atoms with Crippen LogP contribution in [0.1, 0.15) is 15.9 Å². The molecule has 18 heavy (non-hydrogen) atoms. The minimum atomic E-state index is 0.755. The van der Waals surface area contributed by atoms with Crippen LogP contribution in [0, 0.1) is 6.92 Å². The summed E-state index contributed by atoms with van der Waals surface area (Å²) in [6.45, 7) is 2.03. The second kappa shape index (κ2) is 4.15. The summed E-state index contributed by atoms with van der Waals surface area (Å²) in [7, 11) is 0. The van der Waals surface area contributed by atoms with Gasteiger partial charge in [0.2, 0.25) is 0 Å². The highest BCUT2D eigenvalue weighted by Gasteiger charge is 2.11. The number of fused-ring (bicyclic) bond motifs is 1. The Hall–Kier alpha value is -2.35. The molecule has 2 nitrogen and oxygen atoms in total. The molecule has 0 radical (unpaired) electrons. The standard InChI is InChI=1S/C16H13NO/c1-12-7-8-17-10-14(13-5-3-2-4-6-13)15(11-18)16(17)9-12/h2-11H,1H3. The molecule has 2 aromatic heterocycles. The van der Waals surface area contributed by atoms with E-state index in [4.69, 9.17) is 0 Å². The van der Waals surface area contributed by atoms with Gasteiger partial charge < -0.3 is 4.40 Å². The maximum absolute atomic E-state index is 11.4. The van der Waals surface area contributed by atoms with Gasteiger partial charge in [-0.05, 0) is 30.2 Å². The number of aldehydes is 1. The first-order valence-corrected chi connectivity index (χ1v) is 5.91. The highest BCUT2D eigenvalue weighted by atomic mass is 16.1. The molecule has 0 fully saturated rings. The zero-order chi connectivity index (χ0) is 12.5. The fourth-order valence-corrected chi connectivity index (χ4v) is 2.26. The molecule has 0 aliphatic carbocycles. The molecular weight excluding hydrogens is 222 g/mol. The van der Waals surface area contributed by atoms with E-state index in [1.54, 1.807) is 0 Å². The van der Waals surface area contributed by atoms with Gasteiger partial charge in [0.05, 0.1) is 5.52 Å². The Morgan fingerprint density at radius 3 is 2.61 bits per heavy atom. The normalized spacial score (nSPS) is 10.7. The van der Waals surface area contributed by atoms with Gasteiger partial charge in [-0.15, -0.1) is 0 Å². The first-order valence-electron chi connectivity index (χ1n) is 5.91. The number of hydrogen-bond donors (Lipinski definition) is 0. The van der Waals surface area contributed by atoms with Crippen molar-refractivity contribution in [2.24, 2.45) is 0 Å². The Balaban J connectivity index is 2.33. The van der Waals surface area contributed by atoms with Gasteiger partial charge in [0, 0.05) is 23.5 Å². The van der Waals surface area contributed by atoms with E-state index in [9.17, 15) is 4.79 Å². The van der Waals surface area contributed by atoms with Crippen molar-refractivity contribution in [3.63, 3.8) is 0 Å². The molecule has 88 valence electrons. The third-order valence-electron chi connectivity index (χ3n) is 3.18. The van der Waals surface area contributed by atoms with Crippen LogP contribution in [0.2, 0.25) is 0 Å². The number of hydrogen-bond acceptors (Lipinski definition) is 1. The van der Waals surface area contributed by atoms with E-state index in [-0.39, 0.29) is 0 Å². The number of pyridine rings is 1. The number of aromatic nitrogens is 1. The highest BCUT2D eigenvalue weighted by molar-refractivity contribution is 5.96. The summed E-state index contributed by atoms with van der Waals surface area (Å²) in [6.07, 6.45) is 4.94. The van der Waals surface area contributed by atoms with Gasteiger partial charge in [-0.2, -0.15) is 0 Å². The predicted octanol–water partition coefficient (Wildman–Crippen LogP) is 3.73. The van der Waals surface area contributed by atoms with Crippen molar-refractivity contribution in [2.75, 3.05) is 0 Å². The predicted molar refractivity (Wildman–Crippen MR) is 73.0 cm³/mol. The number of carbonyl (C=O) groups excluding carboxylic acids is 1. The molecule has 0 bridgehead atoms. The Morgan fingerprint density at radius 2 is 1.89 bits per heavy atom. The van der Waals surface area contributed by atoms with Crippen LogP contribution in [-0.4, -0.2) is 10.7 Å². The number of rotatable bonds is 2. The van der Waals surface area contributed by atoms with Gasteiger partial charge >= 0.3 is 0 Å². The molecule has 3 rings (SSSR count). The average molecular weight is 235 g/mol. The Kier molecular flexibility index (Phi) is 2.49. The third-order valence-corrected chi connectivity index (χ3v) is 3.18. The molecule has 0 saturated heterocycles. The van der Waals surface area contributed by atoms with Crippen LogP contribution in [0.15, 0.2) is 54.9 Å². The molecular formula is C16H13NO. The van der Waals surface area contributed by atoms with Crippen LogP contribution in [0.5, 0.6) is 0 Å². The number of nitrogens with zero attached hydrogens (tertiary/aromatic N) is 1. The zero-order valence-corrected chi connectivity index (χ0v) is 10.1. The van der Waals surface area contributed by atoms with Gasteiger partial charge in [0.1, 0.15) is 0 Å². The Morgan fingerprint density at radius 1 is 1.11 bits per heavy atom. The first kappa shape index (κ1) is 10.8. The summed E-state index contributed by atoms with van der Waals surface area (Å²) in [5.74, 6) is 0. The largest absolute Gasteiger partial charge is 0.322 e. The van der Waals surface area contributed by atoms with Crippen LogP contribution in [0.25, 0.3) is 16.6 Å². The lowest BCUT2D eigenvalue weighted by molar-refractivity contribution is 0.112. The van der Waals surface area contributed by atoms with Crippen LogP contribution in [-0.2, 0) is 0 Å². The van der Waals surface area contributed by atoms with Gasteiger partial charge in [-0.3, -0.25) is 4.79 Å². The first-order chi connectivity index (χ1) is 8.79. The number of carbonyl (C=O) groups is 1. The fourth-order valence-electron chi connectivity index (χ4n) is 2.26. The number of aryl methyl sites for hydroxylation is 1. The topological polar surface area (TPSA) is 21.5 Å². The molecule has 3 aromatic rings. The van der Waals surface area contributed by atoms with E-state index in [1.165, 1.54) is 0 Å². The van der Waals surface area contributed by atoms with E-state index in [0.29, 0.717) is 0 Å². The lowest BCUT2D eigenvalue weighted by atomic mass is 10.0. The fraction of sp³-hybridized carbons (Fsp3) is 0.0625. The van der Waals surface area contributed by atoms with Crippen molar-refractivity contribution in [1.82, 2.24) is 4.40 Å². The van der Waals surface area contributed by atoms with E-state index in [0.717, 1.165) is 34.1 Å². The van der Waals surface area contributed by atoms with E-state index >= 15 is 0 Å². The molecule has 0 N–H and O–H groups in total. The van der Waals surface area contributed by atoms with Crippen LogP contribution < -0.4 is 0 Å². The third kappa shape index (κ3) is 1.63. The molecule has 0 aliphatic rings. The van der Waals surface area contributed by atoms with Crippen LogP contribution >= 0.6 is 0 Å². The quantitative estimate of drug-likeness (QED) is 0.620. The zero-order valence-electron chi connectivity index (χ0n) is 10.1. The maximum Gasteiger partial charge on any atom is 0.152 e. The lowest BCUT2D eigenvalue weighted by Gasteiger charge is -1.98. The Labute approximate surface area is 105 Å². The average Bonchev–Trinajstić information content (AvgIpc) is 2.77. The molecule has 0 atom stereocenters. The van der Waals surface area contributed by atoms with Crippen molar-refractivity contribution in [2.45, 2.75) is 6.92 Å². The minimum absolute atomic E-state index is 0.755. The molecule has 1 aromatic carbocycles. The molecule has 0 unspecified atom stereocenters. The summed E-state index contributed by atoms with van der Waals surface area (Å²) in [5.41, 5.74) is 4.93. The second-order valence-electron chi connectivity index (χ2n) is 4.44. The summed E-state index contributed by atoms with van der Waals surface area (Å²) in [4.78, 5) is 11.4. The molecule has 0 aliphatic heterocycles. The summed E-state index contributed by atoms with van der Waals surface area (Å²) in [5, 5.41) is 0. The minimum Gasteiger partial charge on any atom is -0.322 e. The van der Waals surface area contributed by atoms with Crippen molar-refractivity contribution >= 4 is 11.8 Å². The van der Waals surface area contributed by atoms with Crippen LogP contribution in [0.4, 0.5) is 0 Å². The second-order valence-corrected chi connectivity index (χ2v) is 4.44. The monoisotopic (exact) mass is 235 g/mol. The highest BCUT2D eigenvalue weighted by Crippen LogP contribution is 2.27. The van der Waals surface area contributed by atoms with Gasteiger partial charge in [-0.25, -0.2) is 0 Å². The number of benzene rings is 1. The van der Waals surface area contributed by atoms with Crippen molar-refractivity contribution in [3.05, 3.63) is 66.0 Å². The molecule has 0 amide bonds. The SMILES string of the molecule is Cc1ccn2cc(-c3ccccc3)c(C=O)c2c1. The smallest absolute Gasteiger partial charge is 0.152 e. The molecule has 0 spiro atoms. The van der Waals surface area contributed by atoms with Gasteiger partial charge in [0.15, 0.2) is 6.29 Å². The van der Waals surface area contributed by atoms with E-state index in [2.05, 4.69) is 0 Å². The van der Waals surface area contributed by atoms with Crippen LogP contribution in [0.3, 0.4) is 0 Å². The van der Waals surface area contributed by atoms with Gasteiger partial charge in [-0.1, -0.05) is 30.3 Å². The van der Waals surface area contributed by atoms with Crippen molar-refractivity contribution in [1.29, 1.82) is 0 Å². The van der Waals surface area contributed by atoms with Crippen molar-refractivity contribution in [3.8, 4) is 11.1 Å². The van der Waals surface area contributed by atoms with Crippen molar-refractivity contribution < 1.29 is 4.79 Å². The molecule has 0 saturated carbocycles. The van der Waals surface area contributed by atoms with E-state index in [1.807, 2.05) is 66.2 Å². The summed E-state index contributed by atoms with van der Waals surface area (Å²) in [6, 6.07) is 14.1.